The van der Waals surface area contributed by atoms with E-state index < -0.39 is 11.2 Å². The van der Waals surface area contributed by atoms with Crippen molar-refractivity contribution in [2.75, 3.05) is 12.1 Å². The molecule has 0 aliphatic carbocycles. The molecule has 114 valence electrons. The van der Waals surface area contributed by atoms with Gasteiger partial charge in [0.15, 0.2) is 5.82 Å². The third-order valence-electron chi connectivity index (χ3n) is 3.94. The van der Waals surface area contributed by atoms with E-state index in [4.69, 9.17) is 9.57 Å². The standard InChI is InChI=1S/C14H25N3O3/c1-13(2,18)14(3,4)20-16-11-8-9-17(15-11)12-7-5-6-10-19-12/h8-9,12,18H,5-7,10H2,1-4H3,(H,15,16). The number of hydrogen-bond donors (Lipinski definition) is 2. The Bertz CT molecular complexity index is 431. The average Bonchev–Trinajstić information content (AvgIpc) is 2.85. The fourth-order valence-electron chi connectivity index (χ4n) is 1.79. The molecule has 1 atom stereocenters. The second-order valence-electron chi connectivity index (χ2n) is 6.28. The van der Waals surface area contributed by atoms with Gasteiger partial charge in [0.1, 0.15) is 11.8 Å². The van der Waals surface area contributed by atoms with E-state index >= 15 is 0 Å². The van der Waals surface area contributed by atoms with Crippen LogP contribution in [0.1, 0.15) is 53.2 Å². The van der Waals surface area contributed by atoms with Gasteiger partial charge < -0.3 is 9.84 Å². The van der Waals surface area contributed by atoms with Crippen molar-refractivity contribution in [3.63, 3.8) is 0 Å². The van der Waals surface area contributed by atoms with Crippen molar-refractivity contribution in [2.45, 2.75) is 64.4 Å². The Balaban J connectivity index is 1.93. The van der Waals surface area contributed by atoms with Crippen LogP contribution >= 0.6 is 0 Å². The molecule has 0 aromatic carbocycles. The van der Waals surface area contributed by atoms with Crippen LogP contribution in [-0.2, 0) is 9.57 Å². The molecule has 1 aromatic heterocycles. The molecule has 1 aromatic rings. The third kappa shape index (κ3) is 3.50. The van der Waals surface area contributed by atoms with Gasteiger partial charge in [-0.25, -0.2) is 10.2 Å². The Morgan fingerprint density at radius 2 is 2.15 bits per heavy atom. The molecule has 1 aliphatic rings. The molecule has 1 saturated heterocycles. The van der Waals surface area contributed by atoms with Gasteiger partial charge in [-0.05, 0) is 47.0 Å². The zero-order valence-corrected chi connectivity index (χ0v) is 12.7. The van der Waals surface area contributed by atoms with E-state index in [2.05, 4.69) is 10.6 Å². The Kier molecular flexibility index (Phi) is 4.36. The Labute approximate surface area is 120 Å². The molecule has 2 heterocycles. The van der Waals surface area contributed by atoms with Crippen molar-refractivity contribution in [3.05, 3.63) is 12.3 Å². The smallest absolute Gasteiger partial charge is 0.171 e. The summed E-state index contributed by atoms with van der Waals surface area (Å²) in [5.41, 5.74) is 1.10. The zero-order chi connectivity index (χ0) is 14.8. The third-order valence-corrected chi connectivity index (χ3v) is 3.94. The monoisotopic (exact) mass is 283 g/mol. The molecule has 2 N–H and O–H groups in total. The van der Waals surface area contributed by atoms with Gasteiger partial charge in [0.2, 0.25) is 0 Å². The number of ether oxygens (including phenoxy) is 1. The SMILES string of the molecule is CC(C)(O)C(C)(C)ONc1ccn(C2CCCCO2)n1. The predicted octanol–water partition coefficient (Wildman–Crippen LogP) is 2.48. The lowest BCUT2D eigenvalue weighted by atomic mass is 9.90. The quantitative estimate of drug-likeness (QED) is 0.813. The summed E-state index contributed by atoms with van der Waals surface area (Å²) in [6.45, 7) is 7.85. The summed E-state index contributed by atoms with van der Waals surface area (Å²) in [6.07, 6.45) is 5.15. The van der Waals surface area contributed by atoms with Gasteiger partial charge in [-0.1, -0.05) is 0 Å². The van der Waals surface area contributed by atoms with Gasteiger partial charge in [-0.15, -0.1) is 0 Å². The maximum atomic E-state index is 10.0. The molecule has 1 unspecified atom stereocenters. The maximum Gasteiger partial charge on any atom is 0.171 e. The Morgan fingerprint density at radius 1 is 1.40 bits per heavy atom. The summed E-state index contributed by atoms with van der Waals surface area (Å²) < 4.78 is 7.48. The molecule has 1 aliphatic heterocycles. The number of aliphatic hydroxyl groups is 1. The second kappa shape index (κ2) is 5.71. The van der Waals surface area contributed by atoms with Gasteiger partial charge in [-0.2, -0.15) is 5.10 Å². The van der Waals surface area contributed by atoms with E-state index in [9.17, 15) is 5.11 Å². The van der Waals surface area contributed by atoms with Gasteiger partial charge >= 0.3 is 0 Å². The number of rotatable bonds is 5. The number of anilines is 1. The summed E-state index contributed by atoms with van der Waals surface area (Å²) in [5.74, 6) is 0.608. The molecule has 0 bridgehead atoms. The second-order valence-corrected chi connectivity index (χ2v) is 6.28. The first kappa shape index (κ1) is 15.3. The summed E-state index contributed by atoms with van der Waals surface area (Å²) in [5, 5.41) is 14.4. The summed E-state index contributed by atoms with van der Waals surface area (Å²) >= 11 is 0. The van der Waals surface area contributed by atoms with Crippen LogP contribution in [0, 0.1) is 0 Å². The van der Waals surface area contributed by atoms with Crippen LogP contribution in [0.5, 0.6) is 0 Å². The molecule has 0 amide bonds. The van der Waals surface area contributed by atoms with Crippen LogP contribution in [0.2, 0.25) is 0 Å². The molecular formula is C14H25N3O3. The summed E-state index contributed by atoms with van der Waals surface area (Å²) in [7, 11) is 0. The van der Waals surface area contributed by atoms with E-state index in [1.54, 1.807) is 13.8 Å². The minimum Gasteiger partial charge on any atom is -0.387 e. The van der Waals surface area contributed by atoms with Crippen LogP contribution in [0.15, 0.2) is 12.3 Å². The first-order valence-corrected chi connectivity index (χ1v) is 7.13. The minimum absolute atomic E-state index is 0.0154. The van der Waals surface area contributed by atoms with Gasteiger partial charge in [-0.3, -0.25) is 4.84 Å². The fraction of sp³-hybridized carbons (Fsp3) is 0.786. The number of hydrogen-bond acceptors (Lipinski definition) is 5. The van der Waals surface area contributed by atoms with Gasteiger partial charge in [0.05, 0.1) is 5.60 Å². The first-order chi connectivity index (χ1) is 9.29. The van der Waals surface area contributed by atoms with Crippen LogP contribution in [0.3, 0.4) is 0 Å². The lowest BCUT2D eigenvalue weighted by Crippen LogP contribution is -2.48. The van der Waals surface area contributed by atoms with E-state index in [1.165, 1.54) is 0 Å². The molecule has 6 heteroatoms. The summed E-state index contributed by atoms with van der Waals surface area (Å²) in [4.78, 5) is 5.56. The zero-order valence-electron chi connectivity index (χ0n) is 12.7. The highest BCUT2D eigenvalue weighted by Crippen LogP contribution is 2.26. The molecule has 1 fully saturated rings. The predicted molar refractivity (Wildman–Crippen MR) is 76.2 cm³/mol. The molecule has 6 nitrogen and oxygen atoms in total. The van der Waals surface area contributed by atoms with E-state index in [0.29, 0.717) is 5.82 Å². The lowest BCUT2D eigenvalue weighted by molar-refractivity contribution is -0.130. The highest BCUT2D eigenvalue weighted by Gasteiger charge is 2.37. The van der Waals surface area contributed by atoms with Crippen molar-refractivity contribution in [1.29, 1.82) is 0 Å². The Morgan fingerprint density at radius 3 is 2.75 bits per heavy atom. The van der Waals surface area contributed by atoms with Gasteiger partial charge in [0.25, 0.3) is 0 Å². The number of nitrogens with zero attached hydrogens (tertiary/aromatic N) is 2. The van der Waals surface area contributed by atoms with E-state index in [-0.39, 0.29) is 6.23 Å². The normalized spacial score (nSPS) is 20.9. The Hall–Kier alpha value is -1.11. The molecule has 0 radical (unpaired) electrons. The first-order valence-electron chi connectivity index (χ1n) is 7.13. The van der Waals surface area contributed by atoms with E-state index in [1.807, 2.05) is 30.8 Å². The van der Waals surface area contributed by atoms with Crippen molar-refractivity contribution in [2.24, 2.45) is 0 Å². The fourth-order valence-corrected chi connectivity index (χ4v) is 1.79. The number of aromatic nitrogens is 2. The highest BCUT2D eigenvalue weighted by atomic mass is 16.7. The largest absolute Gasteiger partial charge is 0.387 e. The lowest BCUT2D eigenvalue weighted by Gasteiger charge is -2.36. The molecular weight excluding hydrogens is 258 g/mol. The van der Waals surface area contributed by atoms with Gasteiger partial charge in [0, 0.05) is 18.9 Å². The summed E-state index contributed by atoms with van der Waals surface area (Å²) in [6, 6.07) is 1.83. The molecule has 0 spiro atoms. The van der Waals surface area contributed by atoms with Crippen LogP contribution < -0.4 is 5.48 Å². The maximum absolute atomic E-state index is 10.0. The van der Waals surface area contributed by atoms with Crippen molar-refractivity contribution >= 4 is 5.82 Å². The minimum atomic E-state index is -0.963. The van der Waals surface area contributed by atoms with Crippen molar-refractivity contribution in [3.8, 4) is 0 Å². The highest BCUT2D eigenvalue weighted by molar-refractivity contribution is 5.29. The van der Waals surface area contributed by atoms with E-state index in [0.717, 1.165) is 25.9 Å². The molecule has 0 saturated carbocycles. The average molecular weight is 283 g/mol. The van der Waals surface area contributed by atoms with Crippen molar-refractivity contribution in [1.82, 2.24) is 9.78 Å². The topological polar surface area (TPSA) is 68.5 Å². The number of nitrogens with one attached hydrogen (secondary N) is 1. The van der Waals surface area contributed by atoms with Crippen LogP contribution in [-0.4, -0.2) is 32.7 Å². The molecule has 2 rings (SSSR count). The van der Waals surface area contributed by atoms with Crippen molar-refractivity contribution < 1.29 is 14.7 Å². The van der Waals surface area contributed by atoms with Crippen LogP contribution in [0.4, 0.5) is 5.82 Å². The van der Waals surface area contributed by atoms with Crippen LogP contribution in [0.25, 0.3) is 0 Å². The molecule has 20 heavy (non-hydrogen) atoms.